The molecule has 0 bridgehead atoms. The predicted molar refractivity (Wildman–Crippen MR) is 145 cm³/mol. The Hall–Kier alpha value is -4.23. The molecule has 0 fully saturated rings. The van der Waals surface area contributed by atoms with Crippen LogP contribution in [0.25, 0.3) is 0 Å². The molecule has 0 aliphatic rings. The van der Waals surface area contributed by atoms with Gasteiger partial charge in [-0.05, 0) is 57.9 Å². The normalized spacial score (nSPS) is 11.2. The third-order valence-electron chi connectivity index (χ3n) is 5.49. The standard InChI is InChI=1S/C29H24BrN3O3/c30-23-16-8-10-18-25(23)32-29(36)26(19-20-11-3-1-4-12-20)33-28(35)22-15-7-9-17-24(22)31-27(34)21-13-5-2-6-14-21/h1-18,26H,19H2,(H,31,34)(H,32,36)(H,33,35)/t26-/m0/s1. The Morgan fingerprint density at radius 1 is 0.639 bits per heavy atom. The van der Waals surface area contributed by atoms with Crippen molar-refractivity contribution in [2.45, 2.75) is 12.5 Å². The van der Waals surface area contributed by atoms with E-state index in [-0.39, 0.29) is 17.4 Å². The summed E-state index contributed by atoms with van der Waals surface area (Å²) in [7, 11) is 0. The summed E-state index contributed by atoms with van der Waals surface area (Å²) >= 11 is 3.44. The van der Waals surface area contributed by atoms with E-state index in [1.165, 1.54) is 0 Å². The predicted octanol–water partition coefficient (Wildman–Crippen LogP) is 5.68. The summed E-state index contributed by atoms with van der Waals surface area (Å²) in [6, 6.07) is 31.3. The first kappa shape index (κ1) is 24.9. The van der Waals surface area contributed by atoms with Crippen LogP contribution in [0.15, 0.2) is 114 Å². The second-order valence-corrected chi connectivity index (χ2v) is 8.90. The summed E-state index contributed by atoms with van der Waals surface area (Å²) in [6.07, 6.45) is 0.293. The van der Waals surface area contributed by atoms with E-state index in [9.17, 15) is 14.4 Å². The fourth-order valence-electron chi connectivity index (χ4n) is 3.65. The SMILES string of the molecule is O=C(Nc1ccccc1C(=O)N[C@@H](Cc1ccccc1)C(=O)Nc1ccccc1Br)c1ccccc1. The molecule has 6 nitrogen and oxygen atoms in total. The summed E-state index contributed by atoms with van der Waals surface area (Å²) in [5.74, 6) is -1.16. The van der Waals surface area contributed by atoms with E-state index in [2.05, 4.69) is 31.9 Å². The highest BCUT2D eigenvalue weighted by atomic mass is 79.9. The molecule has 0 spiro atoms. The Morgan fingerprint density at radius 2 is 1.22 bits per heavy atom. The highest BCUT2D eigenvalue weighted by Crippen LogP contribution is 2.22. The fraction of sp³-hybridized carbons (Fsp3) is 0.0690. The smallest absolute Gasteiger partial charge is 0.255 e. The van der Waals surface area contributed by atoms with Gasteiger partial charge in [0.1, 0.15) is 6.04 Å². The summed E-state index contributed by atoms with van der Waals surface area (Å²) in [5, 5.41) is 8.54. The average molecular weight is 542 g/mol. The first-order valence-corrected chi connectivity index (χ1v) is 12.2. The maximum absolute atomic E-state index is 13.4. The molecule has 0 radical (unpaired) electrons. The van der Waals surface area contributed by atoms with Crippen molar-refractivity contribution in [3.05, 3.63) is 130 Å². The molecule has 7 heteroatoms. The zero-order valence-corrected chi connectivity index (χ0v) is 20.9. The van der Waals surface area contributed by atoms with Crippen molar-refractivity contribution in [2.75, 3.05) is 10.6 Å². The topological polar surface area (TPSA) is 87.3 Å². The van der Waals surface area contributed by atoms with Gasteiger partial charge in [-0.3, -0.25) is 14.4 Å². The van der Waals surface area contributed by atoms with Gasteiger partial charge in [0.15, 0.2) is 0 Å². The average Bonchev–Trinajstić information content (AvgIpc) is 2.91. The number of hydrogen-bond donors (Lipinski definition) is 3. The molecule has 3 amide bonds. The van der Waals surface area contributed by atoms with Crippen LogP contribution in [0.1, 0.15) is 26.3 Å². The van der Waals surface area contributed by atoms with Crippen LogP contribution in [0, 0.1) is 0 Å². The van der Waals surface area contributed by atoms with E-state index in [0.29, 0.717) is 23.4 Å². The minimum Gasteiger partial charge on any atom is -0.340 e. The first-order valence-electron chi connectivity index (χ1n) is 11.4. The lowest BCUT2D eigenvalue weighted by molar-refractivity contribution is -0.118. The molecule has 1 atom stereocenters. The Bertz CT molecular complexity index is 1360. The van der Waals surface area contributed by atoms with E-state index in [4.69, 9.17) is 0 Å². The fourth-order valence-corrected chi connectivity index (χ4v) is 4.04. The number of amides is 3. The van der Waals surface area contributed by atoms with Gasteiger partial charge in [-0.25, -0.2) is 0 Å². The van der Waals surface area contributed by atoms with E-state index < -0.39 is 11.9 Å². The van der Waals surface area contributed by atoms with Crippen molar-refractivity contribution in [3.8, 4) is 0 Å². The summed E-state index contributed by atoms with van der Waals surface area (Å²) in [6.45, 7) is 0. The highest BCUT2D eigenvalue weighted by molar-refractivity contribution is 9.10. The van der Waals surface area contributed by atoms with E-state index >= 15 is 0 Å². The van der Waals surface area contributed by atoms with Crippen LogP contribution in [0.5, 0.6) is 0 Å². The van der Waals surface area contributed by atoms with Crippen LogP contribution in [0.4, 0.5) is 11.4 Å². The molecule has 0 aromatic heterocycles. The molecule has 4 aromatic carbocycles. The number of anilines is 2. The molecule has 0 saturated heterocycles. The maximum atomic E-state index is 13.4. The molecule has 180 valence electrons. The Morgan fingerprint density at radius 3 is 1.92 bits per heavy atom. The number of para-hydroxylation sites is 2. The largest absolute Gasteiger partial charge is 0.340 e. The monoisotopic (exact) mass is 541 g/mol. The molecule has 0 aliphatic carbocycles. The Labute approximate surface area is 217 Å². The number of carbonyl (C=O) groups is 3. The van der Waals surface area contributed by atoms with Gasteiger partial charge in [0.25, 0.3) is 11.8 Å². The van der Waals surface area contributed by atoms with Crippen LogP contribution in [-0.2, 0) is 11.2 Å². The van der Waals surface area contributed by atoms with Gasteiger partial charge >= 0.3 is 0 Å². The van der Waals surface area contributed by atoms with Crippen molar-refractivity contribution in [1.82, 2.24) is 5.32 Å². The summed E-state index contributed by atoms with van der Waals surface area (Å²) < 4.78 is 0.733. The summed E-state index contributed by atoms with van der Waals surface area (Å²) in [4.78, 5) is 39.3. The molecular formula is C29H24BrN3O3. The molecule has 4 aromatic rings. The van der Waals surface area contributed by atoms with Gasteiger partial charge < -0.3 is 16.0 Å². The van der Waals surface area contributed by atoms with Crippen molar-refractivity contribution in [2.24, 2.45) is 0 Å². The second kappa shape index (κ2) is 12.0. The van der Waals surface area contributed by atoms with Gasteiger partial charge in [0.2, 0.25) is 5.91 Å². The lowest BCUT2D eigenvalue weighted by atomic mass is 10.0. The first-order chi connectivity index (χ1) is 17.5. The Kier molecular flexibility index (Phi) is 8.26. The van der Waals surface area contributed by atoms with Crippen molar-refractivity contribution < 1.29 is 14.4 Å². The van der Waals surface area contributed by atoms with Gasteiger partial charge in [0, 0.05) is 16.5 Å². The van der Waals surface area contributed by atoms with E-state index in [0.717, 1.165) is 10.0 Å². The molecule has 0 heterocycles. The zero-order chi connectivity index (χ0) is 25.3. The van der Waals surface area contributed by atoms with Gasteiger partial charge in [-0.1, -0.05) is 72.8 Å². The molecule has 3 N–H and O–H groups in total. The van der Waals surface area contributed by atoms with Crippen LogP contribution in [0.3, 0.4) is 0 Å². The Balaban J connectivity index is 1.56. The number of halogens is 1. The number of nitrogens with one attached hydrogen (secondary N) is 3. The van der Waals surface area contributed by atoms with Crippen LogP contribution >= 0.6 is 15.9 Å². The van der Waals surface area contributed by atoms with Crippen LogP contribution < -0.4 is 16.0 Å². The molecular weight excluding hydrogens is 518 g/mol. The number of benzene rings is 4. The van der Waals surface area contributed by atoms with Crippen molar-refractivity contribution in [3.63, 3.8) is 0 Å². The number of hydrogen-bond acceptors (Lipinski definition) is 3. The molecule has 0 aliphatic heterocycles. The maximum Gasteiger partial charge on any atom is 0.255 e. The number of rotatable bonds is 8. The van der Waals surface area contributed by atoms with Crippen molar-refractivity contribution in [1.29, 1.82) is 0 Å². The third-order valence-corrected chi connectivity index (χ3v) is 6.18. The zero-order valence-electron chi connectivity index (χ0n) is 19.3. The third kappa shape index (κ3) is 6.46. The lowest BCUT2D eigenvalue weighted by Gasteiger charge is -2.20. The van der Waals surface area contributed by atoms with Crippen molar-refractivity contribution >= 4 is 45.0 Å². The molecule has 0 saturated carbocycles. The minimum atomic E-state index is -0.857. The molecule has 4 rings (SSSR count). The van der Waals surface area contributed by atoms with Gasteiger partial charge in [-0.15, -0.1) is 0 Å². The minimum absolute atomic E-state index is 0.258. The van der Waals surface area contributed by atoms with Crippen LogP contribution in [-0.4, -0.2) is 23.8 Å². The van der Waals surface area contributed by atoms with Crippen LogP contribution in [0.2, 0.25) is 0 Å². The van der Waals surface area contributed by atoms with Gasteiger partial charge in [-0.2, -0.15) is 0 Å². The van der Waals surface area contributed by atoms with E-state index in [1.54, 1.807) is 54.6 Å². The quantitative estimate of drug-likeness (QED) is 0.268. The summed E-state index contributed by atoms with van der Waals surface area (Å²) in [5.41, 5.74) is 2.59. The van der Waals surface area contributed by atoms with Gasteiger partial charge in [0.05, 0.1) is 16.9 Å². The lowest BCUT2D eigenvalue weighted by Crippen LogP contribution is -2.45. The molecule has 36 heavy (non-hydrogen) atoms. The highest BCUT2D eigenvalue weighted by Gasteiger charge is 2.24. The second-order valence-electron chi connectivity index (χ2n) is 8.05. The molecule has 0 unspecified atom stereocenters. The van der Waals surface area contributed by atoms with E-state index in [1.807, 2.05) is 54.6 Å². The number of carbonyl (C=O) groups excluding carboxylic acids is 3.